The predicted molar refractivity (Wildman–Crippen MR) is 95.8 cm³/mol. The summed E-state index contributed by atoms with van der Waals surface area (Å²) < 4.78 is 16.3. The number of piperazine rings is 1. The number of fused-ring (bicyclic) bond motifs is 1. The molecule has 2 amide bonds. The highest BCUT2D eigenvalue weighted by molar-refractivity contribution is 5.93. The lowest BCUT2D eigenvalue weighted by Crippen LogP contribution is -2.48. The maximum Gasteiger partial charge on any atom is 0.381 e. The predicted octanol–water partition coefficient (Wildman–Crippen LogP) is 1.87. The summed E-state index contributed by atoms with van der Waals surface area (Å²) in [6, 6.07) is 1.71. The van der Waals surface area contributed by atoms with Gasteiger partial charge in [-0.2, -0.15) is 0 Å². The van der Waals surface area contributed by atoms with E-state index >= 15 is 0 Å². The standard InChI is InChI=1S/C17H17FN4O5/c1-2-20-9-11(16(24)25)15(23)10-7-12(18)14(8-13(10)20)21-3-5-22(6-4-21)17(26)19-27/h7-9H,2-6H2,1H3,(H,24,25). The van der Waals surface area contributed by atoms with Gasteiger partial charge in [0.05, 0.1) is 11.2 Å². The summed E-state index contributed by atoms with van der Waals surface area (Å²) >= 11 is 0. The molecule has 2 aromatic rings. The molecule has 1 aromatic carbocycles. The number of carboxylic acids is 1. The number of carbonyl (C=O) groups is 2. The van der Waals surface area contributed by atoms with E-state index in [1.165, 1.54) is 17.2 Å². The molecule has 1 saturated heterocycles. The Labute approximate surface area is 152 Å². The highest BCUT2D eigenvalue weighted by Crippen LogP contribution is 2.26. The molecular weight excluding hydrogens is 359 g/mol. The minimum Gasteiger partial charge on any atom is -0.477 e. The Morgan fingerprint density at radius 1 is 1.22 bits per heavy atom. The number of nitrogens with zero attached hydrogens (tertiary/aromatic N) is 4. The number of aryl methyl sites for hydroxylation is 1. The fourth-order valence-corrected chi connectivity index (χ4v) is 3.25. The molecule has 1 aromatic heterocycles. The lowest BCUT2D eigenvalue weighted by atomic mass is 10.1. The molecule has 142 valence electrons. The summed E-state index contributed by atoms with van der Waals surface area (Å²) in [5.74, 6) is -2.02. The first kappa shape index (κ1) is 18.5. The molecule has 27 heavy (non-hydrogen) atoms. The second kappa shape index (κ2) is 7.14. The monoisotopic (exact) mass is 376 g/mol. The van der Waals surface area contributed by atoms with E-state index < -0.39 is 28.8 Å². The fourth-order valence-electron chi connectivity index (χ4n) is 3.25. The molecule has 10 heteroatoms. The van der Waals surface area contributed by atoms with Crippen LogP contribution in [0.3, 0.4) is 0 Å². The van der Waals surface area contributed by atoms with Gasteiger partial charge < -0.3 is 19.5 Å². The van der Waals surface area contributed by atoms with E-state index in [1.807, 2.05) is 0 Å². The van der Waals surface area contributed by atoms with Crippen molar-refractivity contribution in [1.82, 2.24) is 9.47 Å². The van der Waals surface area contributed by atoms with Crippen molar-refractivity contribution in [3.05, 3.63) is 44.8 Å². The molecule has 0 aliphatic carbocycles. The first-order chi connectivity index (χ1) is 12.9. The van der Waals surface area contributed by atoms with E-state index in [9.17, 15) is 28.8 Å². The van der Waals surface area contributed by atoms with Crippen molar-refractivity contribution in [3.8, 4) is 0 Å². The van der Waals surface area contributed by atoms with Crippen LogP contribution in [0.2, 0.25) is 0 Å². The minimum absolute atomic E-state index is 0.00281. The normalized spacial score (nSPS) is 14.4. The zero-order valence-electron chi connectivity index (χ0n) is 14.5. The van der Waals surface area contributed by atoms with Crippen molar-refractivity contribution in [3.63, 3.8) is 0 Å². The lowest BCUT2D eigenvalue weighted by molar-refractivity contribution is 0.0694. The number of carboxylic acid groups (broad SMARTS) is 1. The number of hydrogen-bond donors (Lipinski definition) is 1. The summed E-state index contributed by atoms with van der Waals surface area (Å²) in [5.41, 5.74) is -0.472. The number of carbonyl (C=O) groups excluding carboxylic acids is 1. The third-order valence-electron chi connectivity index (χ3n) is 4.69. The maximum absolute atomic E-state index is 14.7. The SMILES string of the molecule is CCn1cc(C(=O)O)c(=O)c2cc(F)c(N3CCN(C(=O)N=O)CC3)cc21. The highest BCUT2D eigenvalue weighted by Gasteiger charge is 2.24. The molecule has 9 nitrogen and oxygen atoms in total. The lowest BCUT2D eigenvalue weighted by Gasteiger charge is -2.35. The third-order valence-corrected chi connectivity index (χ3v) is 4.69. The van der Waals surface area contributed by atoms with Gasteiger partial charge in [-0.3, -0.25) is 4.79 Å². The molecule has 0 unspecified atom stereocenters. The van der Waals surface area contributed by atoms with Gasteiger partial charge in [-0.1, -0.05) is 0 Å². The molecule has 0 spiro atoms. The Morgan fingerprint density at radius 2 is 1.89 bits per heavy atom. The van der Waals surface area contributed by atoms with Crippen LogP contribution in [0.1, 0.15) is 17.3 Å². The summed E-state index contributed by atoms with van der Waals surface area (Å²) in [6.07, 6.45) is 1.25. The van der Waals surface area contributed by atoms with Gasteiger partial charge in [0, 0.05) is 49.5 Å². The quantitative estimate of drug-likeness (QED) is 0.819. The number of halogens is 1. The maximum atomic E-state index is 14.7. The number of benzene rings is 1. The first-order valence-electron chi connectivity index (χ1n) is 8.34. The Morgan fingerprint density at radius 3 is 2.44 bits per heavy atom. The van der Waals surface area contributed by atoms with Crippen molar-refractivity contribution < 1.29 is 19.1 Å². The van der Waals surface area contributed by atoms with Gasteiger partial charge in [-0.25, -0.2) is 14.0 Å². The van der Waals surface area contributed by atoms with E-state index in [2.05, 4.69) is 5.18 Å². The second-order valence-corrected chi connectivity index (χ2v) is 6.13. The Kier molecular flexibility index (Phi) is 4.89. The molecule has 3 rings (SSSR count). The Balaban J connectivity index is 2.04. The highest BCUT2D eigenvalue weighted by atomic mass is 19.1. The van der Waals surface area contributed by atoms with E-state index in [-0.39, 0.29) is 24.2 Å². The van der Waals surface area contributed by atoms with Gasteiger partial charge >= 0.3 is 12.0 Å². The average molecular weight is 376 g/mol. The molecule has 1 aliphatic heterocycles. The molecule has 0 radical (unpaired) electrons. The van der Waals surface area contributed by atoms with E-state index in [1.54, 1.807) is 16.4 Å². The zero-order valence-corrected chi connectivity index (χ0v) is 14.5. The van der Waals surface area contributed by atoms with Gasteiger partial charge in [0.25, 0.3) is 0 Å². The van der Waals surface area contributed by atoms with Crippen molar-refractivity contribution in [1.29, 1.82) is 0 Å². The molecule has 0 saturated carbocycles. The molecule has 1 N–H and O–H groups in total. The molecular formula is C17H17FN4O5. The van der Waals surface area contributed by atoms with Gasteiger partial charge in [-0.15, -0.1) is 4.91 Å². The second-order valence-electron chi connectivity index (χ2n) is 6.13. The van der Waals surface area contributed by atoms with Crippen molar-refractivity contribution in [2.24, 2.45) is 5.18 Å². The van der Waals surface area contributed by atoms with Crippen LogP contribution in [0.5, 0.6) is 0 Å². The number of nitroso groups, excluding NO2 is 1. The molecule has 0 atom stereocenters. The number of aromatic nitrogens is 1. The average Bonchev–Trinajstić information content (AvgIpc) is 2.67. The van der Waals surface area contributed by atoms with Gasteiger partial charge in [0.1, 0.15) is 11.4 Å². The van der Waals surface area contributed by atoms with Crippen LogP contribution in [0, 0.1) is 10.7 Å². The van der Waals surface area contributed by atoms with Gasteiger partial charge in [-0.05, 0) is 19.1 Å². The van der Waals surface area contributed by atoms with Crippen LogP contribution in [-0.2, 0) is 6.54 Å². The topological polar surface area (TPSA) is 112 Å². The number of anilines is 1. The number of urea groups is 1. The van der Waals surface area contributed by atoms with Crippen LogP contribution in [0.15, 0.2) is 28.3 Å². The van der Waals surface area contributed by atoms with E-state index in [0.29, 0.717) is 25.2 Å². The van der Waals surface area contributed by atoms with Crippen molar-refractivity contribution >= 4 is 28.6 Å². The van der Waals surface area contributed by atoms with Gasteiger partial charge in [0.2, 0.25) is 5.43 Å². The summed E-state index contributed by atoms with van der Waals surface area (Å²) in [5, 5.41) is 11.6. The number of amides is 2. The largest absolute Gasteiger partial charge is 0.477 e. The molecule has 1 fully saturated rings. The Hall–Kier alpha value is -3.30. The zero-order chi connectivity index (χ0) is 19.7. The van der Waals surface area contributed by atoms with Crippen molar-refractivity contribution in [2.45, 2.75) is 13.5 Å². The van der Waals surface area contributed by atoms with E-state index in [4.69, 9.17) is 0 Å². The summed E-state index contributed by atoms with van der Waals surface area (Å²) in [7, 11) is 0. The number of aromatic carboxylic acids is 1. The number of rotatable bonds is 3. The molecule has 1 aliphatic rings. The van der Waals surface area contributed by atoms with Crippen molar-refractivity contribution in [2.75, 3.05) is 31.1 Å². The van der Waals surface area contributed by atoms with Crippen LogP contribution < -0.4 is 10.3 Å². The van der Waals surface area contributed by atoms with Crippen LogP contribution in [0.4, 0.5) is 14.9 Å². The van der Waals surface area contributed by atoms with Crippen LogP contribution in [-0.4, -0.2) is 52.8 Å². The smallest absolute Gasteiger partial charge is 0.381 e. The van der Waals surface area contributed by atoms with Crippen LogP contribution >= 0.6 is 0 Å². The van der Waals surface area contributed by atoms with Gasteiger partial charge in [0.15, 0.2) is 0 Å². The number of hydrogen-bond acceptors (Lipinski definition) is 5. The summed E-state index contributed by atoms with van der Waals surface area (Å²) in [6.45, 7) is 3.23. The summed E-state index contributed by atoms with van der Waals surface area (Å²) in [4.78, 5) is 48.3. The van der Waals surface area contributed by atoms with E-state index in [0.717, 1.165) is 6.07 Å². The third kappa shape index (κ3) is 3.25. The van der Waals surface area contributed by atoms with Crippen LogP contribution in [0.25, 0.3) is 10.9 Å². The molecule has 2 heterocycles. The first-order valence-corrected chi connectivity index (χ1v) is 8.34. The fraction of sp³-hybridized carbons (Fsp3) is 0.353. The minimum atomic E-state index is -1.36. The Bertz CT molecular complexity index is 995. The molecule has 0 bridgehead atoms. The number of pyridine rings is 1.